The van der Waals surface area contributed by atoms with Crippen LogP contribution in [-0.4, -0.2) is 9.13 Å². The predicted molar refractivity (Wildman–Crippen MR) is 178 cm³/mol. The second-order valence-electron chi connectivity index (χ2n) is 11.1. The molecule has 2 heteroatoms. The van der Waals surface area contributed by atoms with Crippen LogP contribution >= 0.6 is 0 Å². The van der Waals surface area contributed by atoms with Gasteiger partial charge in [0.15, 0.2) is 0 Å². The van der Waals surface area contributed by atoms with Crippen molar-refractivity contribution < 1.29 is 0 Å². The molecule has 0 bridgehead atoms. The summed E-state index contributed by atoms with van der Waals surface area (Å²) in [5.74, 6) is 0. The molecule has 0 unspecified atom stereocenters. The maximum Gasteiger partial charge on any atom is 0.0628 e. The van der Waals surface area contributed by atoms with E-state index in [1.807, 2.05) is 0 Å². The zero-order valence-corrected chi connectivity index (χ0v) is 22.9. The molecule has 0 amide bonds. The Bertz CT molecular complexity index is 2440. The van der Waals surface area contributed by atoms with Gasteiger partial charge in [0.1, 0.15) is 0 Å². The summed E-state index contributed by atoms with van der Waals surface area (Å²) < 4.78 is 4.73. The Morgan fingerprint density at radius 3 is 1.88 bits per heavy atom. The van der Waals surface area contributed by atoms with Gasteiger partial charge in [-0.05, 0) is 93.3 Å². The summed E-state index contributed by atoms with van der Waals surface area (Å²) in [5, 5.41) is 8.88. The standard InChI is InChI=1S/C40H26N2/c1-2-10-34(11-3-1)41-23-22-28-18-21-38-39(40(28)41)36-12-6-7-13-37(36)42(38)35-19-16-27(17-20-35)31-14-15-32-24-29-8-4-5-9-30(29)25-33(32)26-31/h1-26H. The van der Waals surface area contributed by atoms with Gasteiger partial charge in [0.25, 0.3) is 0 Å². The van der Waals surface area contributed by atoms with Gasteiger partial charge >= 0.3 is 0 Å². The SMILES string of the molecule is c1ccc(-n2ccc3ccc4c(c5ccccc5n4-c4ccc(-c5ccc6cc7ccccc7cc6c5)cc4)c32)cc1. The van der Waals surface area contributed by atoms with E-state index in [1.54, 1.807) is 0 Å². The van der Waals surface area contributed by atoms with Crippen molar-refractivity contribution in [2.75, 3.05) is 0 Å². The fourth-order valence-corrected chi connectivity index (χ4v) is 6.69. The number of aromatic nitrogens is 2. The van der Waals surface area contributed by atoms with Crippen molar-refractivity contribution in [2.24, 2.45) is 0 Å². The second kappa shape index (κ2) is 8.95. The number of hydrogen-bond acceptors (Lipinski definition) is 0. The Kier molecular flexibility index (Phi) is 4.93. The van der Waals surface area contributed by atoms with Gasteiger partial charge in [-0.15, -0.1) is 0 Å². The topological polar surface area (TPSA) is 9.86 Å². The lowest BCUT2D eigenvalue weighted by Crippen LogP contribution is -1.94. The van der Waals surface area contributed by atoms with E-state index in [4.69, 9.17) is 0 Å². The van der Waals surface area contributed by atoms with Crippen molar-refractivity contribution in [1.82, 2.24) is 9.13 Å². The normalized spacial score (nSPS) is 11.8. The fourth-order valence-electron chi connectivity index (χ4n) is 6.69. The van der Waals surface area contributed by atoms with Crippen LogP contribution in [0.3, 0.4) is 0 Å². The van der Waals surface area contributed by atoms with Crippen LogP contribution < -0.4 is 0 Å². The van der Waals surface area contributed by atoms with Gasteiger partial charge in [0, 0.05) is 33.7 Å². The predicted octanol–water partition coefficient (Wildman–Crippen LogP) is 10.7. The molecule has 0 aliphatic carbocycles. The molecule has 0 aliphatic rings. The summed E-state index contributed by atoms with van der Waals surface area (Å²) in [5.41, 5.74) is 8.45. The molecule has 0 saturated carbocycles. The second-order valence-corrected chi connectivity index (χ2v) is 11.1. The van der Waals surface area contributed by atoms with Gasteiger partial charge < -0.3 is 9.13 Å². The minimum atomic E-state index is 1.16. The van der Waals surface area contributed by atoms with E-state index in [1.165, 1.54) is 71.1 Å². The van der Waals surface area contributed by atoms with Crippen LogP contribution in [0, 0.1) is 0 Å². The van der Waals surface area contributed by atoms with E-state index >= 15 is 0 Å². The van der Waals surface area contributed by atoms with Crippen LogP contribution in [0.15, 0.2) is 158 Å². The highest BCUT2D eigenvalue weighted by atomic mass is 15.0. The lowest BCUT2D eigenvalue weighted by molar-refractivity contribution is 1.13. The Morgan fingerprint density at radius 1 is 0.381 bits per heavy atom. The molecule has 2 heterocycles. The summed E-state index contributed by atoms with van der Waals surface area (Å²) in [4.78, 5) is 0. The average Bonchev–Trinajstić information content (AvgIpc) is 3.63. The van der Waals surface area contributed by atoms with Crippen LogP contribution in [0.25, 0.3) is 76.8 Å². The first kappa shape index (κ1) is 23.1. The van der Waals surface area contributed by atoms with Gasteiger partial charge in [0.2, 0.25) is 0 Å². The van der Waals surface area contributed by atoms with Gasteiger partial charge in [-0.3, -0.25) is 0 Å². The monoisotopic (exact) mass is 534 g/mol. The molecular weight excluding hydrogens is 508 g/mol. The Labute approximate surface area is 243 Å². The van der Waals surface area contributed by atoms with Crippen LogP contribution in [0.5, 0.6) is 0 Å². The molecule has 0 atom stereocenters. The number of rotatable bonds is 3. The van der Waals surface area contributed by atoms with Crippen molar-refractivity contribution in [1.29, 1.82) is 0 Å². The molecule has 0 N–H and O–H groups in total. The highest BCUT2D eigenvalue weighted by molar-refractivity contribution is 6.20. The lowest BCUT2D eigenvalue weighted by Gasteiger charge is -2.11. The first-order valence-electron chi connectivity index (χ1n) is 14.4. The van der Waals surface area contributed by atoms with Crippen LogP contribution in [0.1, 0.15) is 0 Å². The molecule has 9 rings (SSSR count). The minimum absolute atomic E-state index is 1.16. The number of fused-ring (bicyclic) bond motifs is 7. The largest absolute Gasteiger partial charge is 0.316 e. The zero-order valence-electron chi connectivity index (χ0n) is 22.9. The molecule has 196 valence electrons. The highest BCUT2D eigenvalue weighted by Gasteiger charge is 2.17. The lowest BCUT2D eigenvalue weighted by atomic mass is 9.98. The Balaban J connectivity index is 1.21. The quantitative estimate of drug-likeness (QED) is 0.200. The summed E-state index contributed by atoms with van der Waals surface area (Å²) in [7, 11) is 0. The third-order valence-electron chi connectivity index (χ3n) is 8.68. The summed E-state index contributed by atoms with van der Waals surface area (Å²) in [6, 6.07) is 55.1. The first-order chi connectivity index (χ1) is 20.8. The highest BCUT2D eigenvalue weighted by Crippen LogP contribution is 2.38. The van der Waals surface area contributed by atoms with E-state index in [0.29, 0.717) is 0 Å². The van der Waals surface area contributed by atoms with Crippen LogP contribution in [0.2, 0.25) is 0 Å². The van der Waals surface area contributed by atoms with Crippen LogP contribution in [-0.2, 0) is 0 Å². The van der Waals surface area contributed by atoms with Crippen molar-refractivity contribution in [3.8, 4) is 22.5 Å². The molecule has 2 nitrogen and oxygen atoms in total. The maximum atomic E-state index is 2.41. The maximum absolute atomic E-state index is 2.41. The third-order valence-corrected chi connectivity index (χ3v) is 8.68. The van der Waals surface area contributed by atoms with Crippen molar-refractivity contribution >= 4 is 54.3 Å². The fraction of sp³-hybridized carbons (Fsp3) is 0. The molecule has 2 aromatic heterocycles. The number of nitrogens with zero attached hydrogens (tertiary/aromatic N) is 2. The smallest absolute Gasteiger partial charge is 0.0628 e. The van der Waals surface area contributed by atoms with E-state index in [0.717, 1.165) is 5.69 Å². The molecule has 0 spiro atoms. The first-order valence-corrected chi connectivity index (χ1v) is 14.4. The molecule has 9 aromatic rings. The summed E-state index contributed by atoms with van der Waals surface area (Å²) in [6.07, 6.45) is 2.19. The average molecular weight is 535 g/mol. The van der Waals surface area contributed by atoms with Crippen molar-refractivity contribution in [2.45, 2.75) is 0 Å². The summed E-state index contributed by atoms with van der Waals surface area (Å²) in [6.45, 7) is 0. The van der Waals surface area contributed by atoms with Gasteiger partial charge in [-0.2, -0.15) is 0 Å². The summed E-state index contributed by atoms with van der Waals surface area (Å²) >= 11 is 0. The minimum Gasteiger partial charge on any atom is -0.316 e. The van der Waals surface area contributed by atoms with Crippen LogP contribution in [0.4, 0.5) is 0 Å². The van der Waals surface area contributed by atoms with Gasteiger partial charge in [-0.1, -0.05) is 91.0 Å². The number of hydrogen-bond donors (Lipinski definition) is 0. The number of para-hydroxylation sites is 2. The van der Waals surface area contributed by atoms with E-state index in [9.17, 15) is 0 Å². The zero-order chi connectivity index (χ0) is 27.6. The van der Waals surface area contributed by atoms with E-state index in [-0.39, 0.29) is 0 Å². The molecule has 0 fully saturated rings. The molecule has 0 aliphatic heterocycles. The molecule has 0 radical (unpaired) electrons. The molecule has 7 aromatic carbocycles. The van der Waals surface area contributed by atoms with Crippen molar-refractivity contribution in [3.05, 3.63) is 158 Å². The molecular formula is C40H26N2. The number of benzene rings is 7. The van der Waals surface area contributed by atoms with Gasteiger partial charge in [0.05, 0.1) is 16.6 Å². The Hall–Kier alpha value is -5.60. The molecule has 0 saturated heterocycles. The van der Waals surface area contributed by atoms with E-state index in [2.05, 4.69) is 167 Å². The molecule has 42 heavy (non-hydrogen) atoms. The van der Waals surface area contributed by atoms with Gasteiger partial charge in [-0.25, -0.2) is 0 Å². The van der Waals surface area contributed by atoms with E-state index < -0.39 is 0 Å². The third kappa shape index (κ3) is 3.45. The Morgan fingerprint density at radius 2 is 1.05 bits per heavy atom. The van der Waals surface area contributed by atoms with Crippen molar-refractivity contribution in [3.63, 3.8) is 0 Å².